The van der Waals surface area contributed by atoms with E-state index >= 15 is 0 Å². The third kappa shape index (κ3) is 1.23. The van der Waals surface area contributed by atoms with Gasteiger partial charge in [-0.25, -0.2) is 4.39 Å². The minimum Gasteiger partial charge on any atom is -0.356 e. The lowest BCUT2D eigenvalue weighted by molar-refractivity contribution is 0.478. The van der Waals surface area contributed by atoms with E-state index < -0.39 is 6.67 Å². The average Bonchev–Trinajstić information content (AvgIpc) is 2.54. The zero-order valence-corrected chi connectivity index (χ0v) is 8.10. The van der Waals surface area contributed by atoms with Crippen LogP contribution in [0.3, 0.4) is 0 Å². The normalized spacial score (nSPS) is 10.7. The molecule has 0 spiro atoms. The second-order valence-electron chi connectivity index (χ2n) is 3.40. The molecule has 0 radical (unpaired) electrons. The first kappa shape index (κ1) is 9.00. The van der Waals surface area contributed by atoms with Crippen molar-refractivity contribution in [2.45, 2.75) is 13.6 Å². The SMILES string of the molecule is C=Cc1c(CF)[nH]c2ccc(C)cc12. The smallest absolute Gasteiger partial charge is 0.130 e. The lowest BCUT2D eigenvalue weighted by Gasteiger charge is -1.94. The zero-order chi connectivity index (χ0) is 10.1. The van der Waals surface area contributed by atoms with E-state index in [1.807, 2.05) is 25.1 Å². The Bertz CT molecular complexity index is 482. The molecule has 0 fully saturated rings. The van der Waals surface area contributed by atoms with Gasteiger partial charge in [0.2, 0.25) is 0 Å². The molecule has 2 heteroatoms. The highest BCUT2D eigenvalue weighted by molar-refractivity contribution is 5.90. The molecule has 0 saturated heterocycles. The van der Waals surface area contributed by atoms with Crippen LogP contribution in [0.15, 0.2) is 24.8 Å². The maximum Gasteiger partial charge on any atom is 0.130 e. The van der Waals surface area contributed by atoms with Crippen molar-refractivity contribution in [2.75, 3.05) is 0 Å². The first-order valence-corrected chi connectivity index (χ1v) is 4.56. The van der Waals surface area contributed by atoms with E-state index in [0.29, 0.717) is 5.69 Å². The number of aromatic amines is 1. The molecule has 0 amide bonds. The topological polar surface area (TPSA) is 15.8 Å². The van der Waals surface area contributed by atoms with Crippen molar-refractivity contribution in [3.8, 4) is 0 Å². The minimum absolute atomic E-state index is 0.477. The fourth-order valence-corrected chi connectivity index (χ4v) is 1.72. The predicted octanol–water partition coefficient (Wildman–Crippen LogP) is 3.59. The molecule has 0 aliphatic carbocycles. The number of fused-ring (bicyclic) bond motifs is 1. The summed E-state index contributed by atoms with van der Waals surface area (Å²) >= 11 is 0. The standard InChI is InChI=1S/C12H12FN/c1-3-9-10-6-8(2)4-5-11(10)14-12(9)7-13/h3-6,14H,1,7H2,2H3. The Kier molecular flexibility index (Phi) is 2.12. The second kappa shape index (κ2) is 3.29. The third-order valence-electron chi connectivity index (χ3n) is 2.41. The molecule has 0 bridgehead atoms. The molecular formula is C12H12FN. The van der Waals surface area contributed by atoms with Crippen LogP contribution in [0.25, 0.3) is 17.0 Å². The van der Waals surface area contributed by atoms with E-state index in [1.54, 1.807) is 6.08 Å². The van der Waals surface area contributed by atoms with Crippen LogP contribution in [0.4, 0.5) is 4.39 Å². The lowest BCUT2D eigenvalue weighted by atomic mass is 10.1. The number of hydrogen-bond donors (Lipinski definition) is 1. The summed E-state index contributed by atoms with van der Waals surface area (Å²) in [5.74, 6) is 0. The van der Waals surface area contributed by atoms with Crippen LogP contribution in [0.1, 0.15) is 16.8 Å². The Hall–Kier alpha value is -1.57. The van der Waals surface area contributed by atoms with E-state index in [2.05, 4.69) is 11.6 Å². The Morgan fingerprint density at radius 1 is 1.50 bits per heavy atom. The monoisotopic (exact) mass is 189 g/mol. The molecule has 0 unspecified atom stereocenters. The molecule has 1 aromatic carbocycles. The first-order valence-electron chi connectivity index (χ1n) is 4.56. The van der Waals surface area contributed by atoms with Gasteiger partial charge in [0.1, 0.15) is 6.67 Å². The van der Waals surface area contributed by atoms with Crippen molar-refractivity contribution in [1.29, 1.82) is 0 Å². The van der Waals surface area contributed by atoms with Crippen molar-refractivity contribution in [2.24, 2.45) is 0 Å². The van der Waals surface area contributed by atoms with E-state index in [1.165, 1.54) is 5.56 Å². The number of alkyl halides is 1. The maximum atomic E-state index is 12.6. The maximum absolute atomic E-state index is 12.6. The van der Waals surface area contributed by atoms with Crippen LogP contribution in [0.5, 0.6) is 0 Å². The van der Waals surface area contributed by atoms with E-state index in [-0.39, 0.29) is 0 Å². The Labute approximate surface area is 82.3 Å². The molecular weight excluding hydrogens is 177 g/mol. The van der Waals surface area contributed by atoms with E-state index in [0.717, 1.165) is 16.5 Å². The predicted molar refractivity (Wildman–Crippen MR) is 57.9 cm³/mol. The molecule has 2 aromatic rings. The van der Waals surface area contributed by atoms with Gasteiger partial charge in [-0.05, 0) is 19.1 Å². The molecule has 0 aliphatic rings. The molecule has 72 valence electrons. The summed E-state index contributed by atoms with van der Waals surface area (Å²) in [5.41, 5.74) is 3.63. The fraction of sp³-hybridized carbons (Fsp3) is 0.167. The molecule has 0 saturated carbocycles. The van der Waals surface area contributed by atoms with Gasteiger partial charge >= 0.3 is 0 Å². The summed E-state index contributed by atoms with van der Waals surface area (Å²) in [4.78, 5) is 3.05. The number of aryl methyl sites for hydroxylation is 1. The number of nitrogens with one attached hydrogen (secondary N) is 1. The van der Waals surface area contributed by atoms with Crippen LogP contribution in [-0.2, 0) is 6.67 Å². The van der Waals surface area contributed by atoms with Crippen molar-refractivity contribution in [3.63, 3.8) is 0 Å². The Morgan fingerprint density at radius 3 is 2.93 bits per heavy atom. The van der Waals surface area contributed by atoms with E-state index in [9.17, 15) is 4.39 Å². The molecule has 1 heterocycles. The van der Waals surface area contributed by atoms with Gasteiger partial charge in [-0.15, -0.1) is 0 Å². The van der Waals surface area contributed by atoms with Crippen LogP contribution < -0.4 is 0 Å². The van der Waals surface area contributed by atoms with Crippen LogP contribution in [0, 0.1) is 6.92 Å². The number of benzene rings is 1. The van der Waals surface area contributed by atoms with Crippen LogP contribution in [-0.4, -0.2) is 4.98 Å². The third-order valence-corrected chi connectivity index (χ3v) is 2.41. The van der Waals surface area contributed by atoms with Gasteiger partial charge in [0.25, 0.3) is 0 Å². The van der Waals surface area contributed by atoms with Gasteiger partial charge in [0.05, 0.1) is 5.69 Å². The molecule has 1 nitrogen and oxygen atoms in total. The minimum atomic E-state index is -0.477. The quantitative estimate of drug-likeness (QED) is 0.743. The van der Waals surface area contributed by atoms with E-state index in [4.69, 9.17) is 0 Å². The summed E-state index contributed by atoms with van der Waals surface area (Å²) in [6, 6.07) is 6.02. The fourth-order valence-electron chi connectivity index (χ4n) is 1.72. The molecule has 2 rings (SSSR count). The number of rotatable bonds is 2. The molecule has 14 heavy (non-hydrogen) atoms. The Morgan fingerprint density at radius 2 is 2.29 bits per heavy atom. The molecule has 0 atom stereocenters. The highest BCUT2D eigenvalue weighted by Gasteiger charge is 2.07. The summed E-state index contributed by atoms with van der Waals surface area (Å²) in [6.07, 6.45) is 1.70. The number of hydrogen-bond acceptors (Lipinski definition) is 0. The number of halogens is 1. The van der Waals surface area contributed by atoms with Gasteiger partial charge in [-0.3, -0.25) is 0 Å². The van der Waals surface area contributed by atoms with Crippen molar-refractivity contribution in [3.05, 3.63) is 41.6 Å². The van der Waals surface area contributed by atoms with Gasteiger partial charge in [-0.1, -0.05) is 24.3 Å². The zero-order valence-electron chi connectivity index (χ0n) is 8.10. The first-order chi connectivity index (χ1) is 6.76. The molecule has 1 aromatic heterocycles. The molecule has 1 N–H and O–H groups in total. The second-order valence-corrected chi connectivity index (χ2v) is 3.40. The van der Waals surface area contributed by atoms with Crippen molar-refractivity contribution in [1.82, 2.24) is 4.98 Å². The van der Waals surface area contributed by atoms with Crippen LogP contribution in [0.2, 0.25) is 0 Å². The Balaban J connectivity index is 2.81. The highest BCUT2D eigenvalue weighted by atomic mass is 19.1. The summed E-state index contributed by atoms with van der Waals surface area (Å²) < 4.78 is 12.6. The summed E-state index contributed by atoms with van der Waals surface area (Å²) in [7, 11) is 0. The van der Waals surface area contributed by atoms with Crippen molar-refractivity contribution >= 4 is 17.0 Å². The average molecular weight is 189 g/mol. The van der Waals surface area contributed by atoms with Gasteiger partial charge in [0.15, 0.2) is 0 Å². The van der Waals surface area contributed by atoms with Gasteiger partial charge < -0.3 is 4.98 Å². The lowest BCUT2D eigenvalue weighted by Crippen LogP contribution is -1.79. The van der Waals surface area contributed by atoms with Crippen LogP contribution >= 0.6 is 0 Å². The summed E-state index contributed by atoms with van der Waals surface area (Å²) in [6.45, 7) is 5.25. The number of aromatic nitrogens is 1. The molecule has 0 aliphatic heterocycles. The van der Waals surface area contributed by atoms with Gasteiger partial charge in [-0.2, -0.15) is 0 Å². The summed E-state index contributed by atoms with van der Waals surface area (Å²) in [5, 5.41) is 1.05. The van der Waals surface area contributed by atoms with Crippen molar-refractivity contribution < 1.29 is 4.39 Å². The number of H-pyrrole nitrogens is 1. The largest absolute Gasteiger partial charge is 0.356 e. The highest BCUT2D eigenvalue weighted by Crippen LogP contribution is 2.25. The van der Waals surface area contributed by atoms with Gasteiger partial charge in [0, 0.05) is 16.5 Å².